The van der Waals surface area contributed by atoms with E-state index in [1.54, 1.807) is 13.8 Å². The zero-order valence-corrected chi connectivity index (χ0v) is 13.3. The predicted molar refractivity (Wildman–Crippen MR) is 82.4 cm³/mol. The number of hydrogen-bond donors (Lipinski definition) is 0. The number of methoxy groups -OCH3 is 2. The van der Waals surface area contributed by atoms with Gasteiger partial charge in [-0.3, -0.25) is 0 Å². The second kappa shape index (κ2) is 7.22. The van der Waals surface area contributed by atoms with Crippen molar-refractivity contribution in [3.63, 3.8) is 0 Å². The van der Waals surface area contributed by atoms with Gasteiger partial charge in [0.25, 0.3) is 0 Å². The molecule has 0 N–H and O–H groups in total. The monoisotopic (exact) mass is 321 g/mol. The molecule has 0 bridgehead atoms. The number of halogens is 2. The van der Waals surface area contributed by atoms with Crippen LogP contribution in [0.25, 0.3) is 0 Å². The summed E-state index contributed by atoms with van der Waals surface area (Å²) in [5.74, 6) is -0.293. The van der Waals surface area contributed by atoms with E-state index in [-0.39, 0.29) is 23.0 Å². The van der Waals surface area contributed by atoms with E-state index in [1.165, 1.54) is 38.5 Å². The maximum atomic E-state index is 13.7. The van der Waals surface area contributed by atoms with Crippen molar-refractivity contribution in [2.75, 3.05) is 14.2 Å². The molecule has 0 saturated carbocycles. The highest BCUT2D eigenvalue weighted by Gasteiger charge is 2.13. The Balaban J connectivity index is 2.06. The van der Waals surface area contributed by atoms with Crippen LogP contribution in [0.15, 0.2) is 24.3 Å². The molecule has 7 heteroatoms. The van der Waals surface area contributed by atoms with E-state index in [9.17, 15) is 8.78 Å². The second-order valence-corrected chi connectivity index (χ2v) is 4.84. The molecule has 4 nitrogen and oxygen atoms in total. The van der Waals surface area contributed by atoms with Crippen LogP contribution in [0.5, 0.6) is 23.0 Å². The molecule has 0 aliphatic heterocycles. The van der Waals surface area contributed by atoms with Crippen molar-refractivity contribution < 1.29 is 27.6 Å². The molecule has 0 fully saturated rings. The lowest BCUT2D eigenvalue weighted by atomic mass is 10.1. The van der Waals surface area contributed by atoms with Crippen LogP contribution in [-0.4, -0.2) is 21.9 Å². The summed E-state index contributed by atoms with van der Waals surface area (Å²) in [6.45, 7) is 3.48. The molecule has 0 unspecified atom stereocenters. The molecule has 1 radical (unpaired) electrons. The molecule has 0 aliphatic rings. The third-order valence-corrected chi connectivity index (χ3v) is 3.25. The lowest BCUT2D eigenvalue weighted by molar-refractivity contribution is 0.380. The van der Waals surface area contributed by atoms with E-state index in [0.29, 0.717) is 11.1 Å². The number of ether oxygens (including phenoxy) is 2. The highest BCUT2D eigenvalue weighted by molar-refractivity contribution is 6.20. The summed E-state index contributed by atoms with van der Waals surface area (Å²) >= 11 is 0. The van der Waals surface area contributed by atoms with E-state index in [4.69, 9.17) is 18.8 Å². The molecule has 121 valence electrons. The molecule has 2 rings (SSSR count). The number of hydrogen-bond acceptors (Lipinski definition) is 4. The van der Waals surface area contributed by atoms with Crippen molar-refractivity contribution in [3.05, 3.63) is 47.0 Å². The van der Waals surface area contributed by atoms with Gasteiger partial charge in [-0.2, -0.15) is 0 Å². The van der Waals surface area contributed by atoms with E-state index in [2.05, 4.69) is 0 Å². The van der Waals surface area contributed by atoms with Crippen molar-refractivity contribution in [3.8, 4) is 23.0 Å². The smallest absolute Gasteiger partial charge is 0.526 e. The standard InChI is InChI=1S/C16H16BF2O4/c1-9-5-15(20-3)11(18)7-13(9)22-17-23-14-8-12(19)16(21-4)6-10(14)2/h5-8H,1-4H3. The molecular formula is C16H16BF2O4. The zero-order valence-electron chi connectivity index (χ0n) is 13.3. The molecule has 2 aromatic rings. The highest BCUT2D eigenvalue weighted by Crippen LogP contribution is 2.28. The summed E-state index contributed by atoms with van der Waals surface area (Å²) in [5.41, 5.74) is 1.33. The third-order valence-electron chi connectivity index (χ3n) is 3.25. The minimum absolute atomic E-state index is 0.129. The van der Waals surface area contributed by atoms with Gasteiger partial charge < -0.3 is 18.8 Å². The van der Waals surface area contributed by atoms with Crippen molar-refractivity contribution in [2.45, 2.75) is 13.8 Å². The summed E-state index contributed by atoms with van der Waals surface area (Å²) in [7, 11) is 3.78. The topological polar surface area (TPSA) is 36.9 Å². The SMILES string of the molecule is COc1cc(C)c(O[B]Oc2cc(F)c(OC)cc2C)cc1F. The minimum atomic E-state index is -0.548. The summed E-state index contributed by atoms with van der Waals surface area (Å²) < 4.78 is 47.6. The van der Waals surface area contributed by atoms with Gasteiger partial charge in [-0.25, -0.2) is 8.78 Å². The summed E-state index contributed by atoms with van der Waals surface area (Å²) in [6.07, 6.45) is 0. The lowest BCUT2D eigenvalue weighted by Gasteiger charge is -2.13. The van der Waals surface area contributed by atoms with Crippen molar-refractivity contribution in [1.29, 1.82) is 0 Å². The Morgan fingerprint density at radius 1 is 0.696 bits per heavy atom. The number of benzene rings is 2. The quantitative estimate of drug-likeness (QED) is 0.762. The largest absolute Gasteiger partial charge is 0.658 e. The molecular weight excluding hydrogens is 305 g/mol. The van der Waals surface area contributed by atoms with Gasteiger partial charge in [-0.1, -0.05) is 0 Å². The fourth-order valence-electron chi connectivity index (χ4n) is 1.97. The third kappa shape index (κ3) is 3.86. The fraction of sp³-hybridized carbons (Fsp3) is 0.250. The first-order valence-electron chi connectivity index (χ1n) is 6.79. The molecule has 0 aromatic heterocycles. The molecule has 0 atom stereocenters. The first kappa shape index (κ1) is 16.9. The van der Waals surface area contributed by atoms with Crippen LogP contribution in [0.4, 0.5) is 8.78 Å². The van der Waals surface area contributed by atoms with Gasteiger partial charge in [0.05, 0.1) is 14.2 Å². The van der Waals surface area contributed by atoms with Crippen LogP contribution < -0.4 is 18.8 Å². The van der Waals surface area contributed by atoms with E-state index < -0.39 is 11.6 Å². The number of aryl methyl sites for hydroxylation is 2. The maximum Gasteiger partial charge on any atom is 0.658 e. The number of rotatable bonds is 6. The lowest BCUT2D eigenvalue weighted by Crippen LogP contribution is -2.13. The second-order valence-electron chi connectivity index (χ2n) is 4.84. The summed E-state index contributed by atoms with van der Waals surface area (Å²) in [5, 5.41) is 0. The molecule has 23 heavy (non-hydrogen) atoms. The van der Waals surface area contributed by atoms with Crippen LogP contribution in [0.3, 0.4) is 0 Å². The maximum absolute atomic E-state index is 13.7. The van der Waals surface area contributed by atoms with E-state index >= 15 is 0 Å². The molecule has 0 aliphatic carbocycles. The van der Waals surface area contributed by atoms with Crippen LogP contribution in [0.1, 0.15) is 11.1 Å². The van der Waals surface area contributed by atoms with E-state index in [0.717, 1.165) is 7.69 Å². The predicted octanol–water partition coefficient (Wildman–Crippen LogP) is 3.59. The van der Waals surface area contributed by atoms with Gasteiger partial charge in [0.1, 0.15) is 11.5 Å². The molecule has 0 spiro atoms. The summed E-state index contributed by atoms with van der Waals surface area (Å²) in [4.78, 5) is 0. The Hall–Kier alpha value is -2.44. The Bertz CT molecular complexity index is 647. The Morgan fingerprint density at radius 2 is 1.09 bits per heavy atom. The van der Waals surface area contributed by atoms with Crippen molar-refractivity contribution in [1.82, 2.24) is 0 Å². The van der Waals surface area contributed by atoms with Crippen molar-refractivity contribution >= 4 is 7.69 Å². The minimum Gasteiger partial charge on any atom is -0.526 e. The van der Waals surface area contributed by atoms with Crippen LogP contribution in [-0.2, 0) is 0 Å². The van der Waals surface area contributed by atoms with Gasteiger partial charge in [0, 0.05) is 12.1 Å². The first-order valence-corrected chi connectivity index (χ1v) is 6.79. The first-order chi connectivity index (χ1) is 11.0. The molecule has 0 saturated heterocycles. The van der Waals surface area contributed by atoms with Crippen LogP contribution >= 0.6 is 0 Å². The Kier molecular flexibility index (Phi) is 5.31. The van der Waals surface area contributed by atoms with E-state index in [1.807, 2.05) is 0 Å². The fourth-order valence-corrected chi connectivity index (χ4v) is 1.97. The van der Waals surface area contributed by atoms with Gasteiger partial charge in [-0.15, -0.1) is 0 Å². The highest BCUT2D eigenvalue weighted by atomic mass is 19.1. The molecule has 0 amide bonds. The van der Waals surface area contributed by atoms with Gasteiger partial charge in [0.15, 0.2) is 23.1 Å². The Labute approximate surface area is 134 Å². The average molecular weight is 321 g/mol. The van der Waals surface area contributed by atoms with Gasteiger partial charge in [-0.05, 0) is 37.1 Å². The van der Waals surface area contributed by atoms with Crippen LogP contribution in [0, 0.1) is 25.5 Å². The van der Waals surface area contributed by atoms with Gasteiger partial charge >= 0.3 is 7.69 Å². The van der Waals surface area contributed by atoms with Crippen molar-refractivity contribution in [2.24, 2.45) is 0 Å². The zero-order chi connectivity index (χ0) is 17.0. The average Bonchev–Trinajstić information content (AvgIpc) is 2.53. The molecule has 2 aromatic carbocycles. The van der Waals surface area contributed by atoms with Gasteiger partial charge in [0.2, 0.25) is 0 Å². The normalized spacial score (nSPS) is 10.2. The Morgan fingerprint density at radius 3 is 1.43 bits per heavy atom. The summed E-state index contributed by atoms with van der Waals surface area (Å²) in [6, 6.07) is 5.40. The molecule has 0 heterocycles. The van der Waals surface area contributed by atoms with Crippen LogP contribution in [0.2, 0.25) is 0 Å².